The normalized spacial score (nSPS) is 26.8. The number of carbonyl (C=O) groups excluding carboxylic acids is 1. The van der Waals surface area contributed by atoms with Gasteiger partial charge in [0.1, 0.15) is 5.54 Å². The quantitative estimate of drug-likeness (QED) is 0.629. The van der Waals surface area contributed by atoms with Gasteiger partial charge < -0.3 is 14.8 Å². The molecule has 1 N–H and O–H groups in total. The van der Waals surface area contributed by atoms with E-state index >= 15 is 0 Å². The second kappa shape index (κ2) is 9.42. The number of esters is 1. The van der Waals surface area contributed by atoms with Gasteiger partial charge in [-0.25, -0.2) is 0 Å². The van der Waals surface area contributed by atoms with Gasteiger partial charge in [0.15, 0.2) is 0 Å². The third-order valence-electron chi connectivity index (χ3n) is 4.59. The largest absolute Gasteiger partial charge is 0.465 e. The maximum atomic E-state index is 12.5. The molecule has 4 nitrogen and oxygen atoms in total. The molecule has 0 radical (unpaired) electrons. The van der Waals surface area contributed by atoms with Crippen LogP contribution in [0.5, 0.6) is 0 Å². The van der Waals surface area contributed by atoms with Crippen molar-refractivity contribution in [3.05, 3.63) is 0 Å². The molecule has 124 valence electrons. The summed E-state index contributed by atoms with van der Waals surface area (Å²) in [4.78, 5) is 12.5. The zero-order valence-electron chi connectivity index (χ0n) is 14.2. The highest BCUT2D eigenvalue weighted by Gasteiger charge is 2.49. The minimum Gasteiger partial charge on any atom is -0.465 e. The van der Waals surface area contributed by atoms with E-state index in [1.54, 1.807) is 0 Å². The molecule has 1 rings (SSSR count). The Kier molecular flexibility index (Phi) is 8.27. The van der Waals surface area contributed by atoms with E-state index in [1.807, 2.05) is 6.92 Å². The second-order valence-electron chi connectivity index (χ2n) is 6.09. The van der Waals surface area contributed by atoms with Crippen molar-refractivity contribution in [2.24, 2.45) is 5.92 Å². The van der Waals surface area contributed by atoms with Crippen LogP contribution in [-0.4, -0.2) is 37.4 Å². The Morgan fingerprint density at radius 2 is 2.14 bits per heavy atom. The number of ether oxygens (including phenoxy) is 2. The first-order chi connectivity index (χ1) is 10.1. The fraction of sp³-hybridized carbons (Fsp3) is 0.941. The summed E-state index contributed by atoms with van der Waals surface area (Å²) < 4.78 is 11.2. The van der Waals surface area contributed by atoms with E-state index in [4.69, 9.17) is 9.47 Å². The van der Waals surface area contributed by atoms with Crippen molar-refractivity contribution in [3.63, 3.8) is 0 Å². The minimum atomic E-state index is -0.481. The lowest BCUT2D eigenvalue weighted by Crippen LogP contribution is -2.56. The van der Waals surface area contributed by atoms with Crippen LogP contribution in [0.25, 0.3) is 0 Å². The predicted molar refractivity (Wildman–Crippen MR) is 85.3 cm³/mol. The molecule has 4 heteroatoms. The third kappa shape index (κ3) is 4.96. The number of carbonyl (C=O) groups is 1. The van der Waals surface area contributed by atoms with Crippen molar-refractivity contribution in [1.29, 1.82) is 0 Å². The van der Waals surface area contributed by atoms with Gasteiger partial charge in [0, 0.05) is 6.61 Å². The van der Waals surface area contributed by atoms with Crippen molar-refractivity contribution in [2.75, 3.05) is 19.8 Å². The first kappa shape index (κ1) is 18.4. The van der Waals surface area contributed by atoms with Gasteiger partial charge in [0.05, 0.1) is 12.7 Å². The molecule has 1 aliphatic rings. The van der Waals surface area contributed by atoms with Crippen molar-refractivity contribution in [3.8, 4) is 0 Å². The Bertz CT molecular complexity index is 308. The van der Waals surface area contributed by atoms with Crippen LogP contribution in [0, 0.1) is 5.92 Å². The third-order valence-corrected chi connectivity index (χ3v) is 4.59. The highest BCUT2D eigenvalue weighted by Crippen LogP contribution is 2.39. The second-order valence-corrected chi connectivity index (χ2v) is 6.09. The fourth-order valence-corrected chi connectivity index (χ4v) is 3.18. The lowest BCUT2D eigenvalue weighted by Gasteiger charge is -2.34. The molecule has 0 aromatic carbocycles. The summed E-state index contributed by atoms with van der Waals surface area (Å²) in [5.74, 6) is 0.261. The summed E-state index contributed by atoms with van der Waals surface area (Å²) in [6.07, 6.45) is 6.34. The van der Waals surface area contributed by atoms with E-state index in [2.05, 4.69) is 26.1 Å². The molecule has 0 aromatic heterocycles. The van der Waals surface area contributed by atoms with Gasteiger partial charge in [0.2, 0.25) is 0 Å². The number of rotatable bonds is 10. The zero-order valence-corrected chi connectivity index (χ0v) is 14.2. The van der Waals surface area contributed by atoms with Crippen LogP contribution >= 0.6 is 0 Å². The lowest BCUT2D eigenvalue weighted by molar-refractivity contribution is -0.153. The van der Waals surface area contributed by atoms with E-state index in [1.165, 1.54) is 0 Å². The summed E-state index contributed by atoms with van der Waals surface area (Å²) in [7, 11) is 0. The van der Waals surface area contributed by atoms with Crippen LogP contribution in [0.4, 0.5) is 0 Å². The van der Waals surface area contributed by atoms with Gasteiger partial charge in [-0.05, 0) is 58.4 Å². The molecule has 0 heterocycles. The topological polar surface area (TPSA) is 47.6 Å². The smallest absolute Gasteiger partial charge is 0.326 e. The maximum absolute atomic E-state index is 12.5. The van der Waals surface area contributed by atoms with Crippen molar-refractivity contribution < 1.29 is 14.3 Å². The van der Waals surface area contributed by atoms with Crippen molar-refractivity contribution in [1.82, 2.24) is 5.32 Å². The van der Waals surface area contributed by atoms with E-state index in [9.17, 15) is 4.79 Å². The van der Waals surface area contributed by atoms with Crippen LogP contribution in [0.1, 0.15) is 66.2 Å². The van der Waals surface area contributed by atoms with Gasteiger partial charge in [-0.1, -0.05) is 20.3 Å². The molecule has 3 unspecified atom stereocenters. The van der Waals surface area contributed by atoms with Gasteiger partial charge in [0.25, 0.3) is 0 Å². The molecule has 21 heavy (non-hydrogen) atoms. The Labute approximate surface area is 130 Å². The van der Waals surface area contributed by atoms with E-state index in [-0.39, 0.29) is 5.97 Å². The Morgan fingerprint density at radius 1 is 1.38 bits per heavy atom. The monoisotopic (exact) mass is 299 g/mol. The van der Waals surface area contributed by atoms with Crippen LogP contribution in [0.2, 0.25) is 0 Å². The van der Waals surface area contributed by atoms with Crippen molar-refractivity contribution in [2.45, 2.75) is 77.9 Å². The zero-order chi connectivity index (χ0) is 15.7. The van der Waals surface area contributed by atoms with Crippen LogP contribution in [-0.2, 0) is 14.3 Å². The number of hydrogen-bond donors (Lipinski definition) is 1. The van der Waals surface area contributed by atoms with Gasteiger partial charge in [-0.2, -0.15) is 0 Å². The predicted octanol–water partition coefficient (Wildman–Crippen LogP) is 3.29. The molecule has 0 bridgehead atoms. The van der Waals surface area contributed by atoms with Gasteiger partial charge in [-0.3, -0.25) is 4.79 Å². The standard InChI is InChI=1S/C17H33NO3/c1-5-12-18-17(16(19)20-7-3)11-8-9-15(17)10-13-21-14(4)6-2/h14-15,18H,5-13H2,1-4H3. The molecule has 0 aromatic rings. The molecule has 1 aliphatic carbocycles. The summed E-state index contributed by atoms with van der Waals surface area (Å²) in [5.41, 5.74) is -0.481. The molecule has 0 saturated heterocycles. The minimum absolute atomic E-state index is 0.0653. The lowest BCUT2D eigenvalue weighted by atomic mass is 9.84. The Hall–Kier alpha value is -0.610. The Balaban J connectivity index is 2.66. The average Bonchev–Trinajstić information content (AvgIpc) is 2.89. The maximum Gasteiger partial charge on any atom is 0.326 e. The molecule has 1 saturated carbocycles. The molecule has 0 spiro atoms. The van der Waals surface area contributed by atoms with Crippen molar-refractivity contribution >= 4 is 5.97 Å². The molecule has 3 atom stereocenters. The van der Waals surface area contributed by atoms with E-state index in [0.29, 0.717) is 18.6 Å². The van der Waals surface area contributed by atoms with Gasteiger partial charge in [-0.15, -0.1) is 0 Å². The summed E-state index contributed by atoms with van der Waals surface area (Å²) in [6.45, 7) is 10.3. The van der Waals surface area contributed by atoms with Gasteiger partial charge >= 0.3 is 5.97 Å². The number of hydrogen-bond acceptors (Lipinski definition) is 4. The highest BCUT2D eigenvalue weighted by atomic mass is 16.5. The van der Waals surface area contributed by atoms with E-state index < -0.39 is 5.54 Å². The molecular formula is C17H33NO3. The summed E-state index contributed by atoms with van der Waals surface area (Å²) >= 11 is 0. The van der Waals surface area contributed by atoms with Crippen LogP contribution in [0.15, 0.2) is 0 Å². The highest BCUT2D eigenvalue weighted by molar-refractivity contribution is 5.81. The Morgan fingerprint density at radius 3 is 2.76 bits per heavy atom. The van der Waals surface area contributed by atoms with Crippen LogP contribution in [0.3, 0.4) is 0 Å². The first-order valence-electron chi connectivity index (χ1n) is 8.64. The average molecular weight is 299 g/mol. The fourth-order valence-electron chi connectivity index (χ4n) is 3.18. The molecular weight excluding hydrogens is 266 g/mol. The van der Waals surface area contributed by atoms with Crippen LogP contribution < -0.4 is 5.32 Å². The number of nitrogens with one attached hydrogen (secondary N) is 1. The first-order valence-corrected chi connectivity index (χ1v) is 8.64. The molecule has 0 aliphatic heterocycles. The summed E-state index contributed by atoms with van der Waals surface area (Å²) in [5, 5.41) is 3.50. The van der Waals surface area contributed by atoms with E-state index in [0.717, 1.165) is 51.7 Å². The summed E-state index contributed by atoms with van der Waals surface area (Å²) in [6, 6.07) is 0. The SMILES string of the molecule is CCCNC1(C(=O)OCC)CCCC1CCOC(C)CC. The molecule has 0 amide bonds. The molecule has 1 fully saturated rings.